The highest BCUT2D eigenvalue weighted by Crippen LogP contribution is 2.24. The number of carbonyl (C=O) groups is 1. The number of benzene rings is 2. The van der Waals surface area contributed by atoms with E-state index >= 15 is 0 Å². The SMILES string of the molecule is Cc1ccc2nc(N3CCC[C@H](C(=O)NCCCN4CCN(c5ccccc5)CC4)C3)[nH]c2c1. The third-order valence-corrected chi connectivity index (χ3v) is 7.16. The molecule has 5 rings (SSSR count). The summed E-state index contributed by atoms with van der Waals surface area (Å²) in [5, 5.41) is 3.20. The molecule has 0 aliphatic carbocycles. The van der Waals surface area contributed by atoms with Crippen molar-refractivity contribution in [2.75, 3.05) is 62.2 Å². The Morgan fingerprint density at radius 1 is 1.06 bits per heavy atom. The molecule has 0 spiro atoms. The van der Waals surface area contributed by atoms with Crippen LogP contribution in [0.2, 0.25) is 0 Å². The molecule has 1 aromatic heterocycles. The van der Waals surface area contributed by atoms with E-state index in [1.807, 2.05) is 0 Å². The minimum Gasteiger partial charge on any atom is -0.369 e. The number of anilines is 2. The molecule has 0 saturated carbocycles. The van der Waals surface area contributed by atoms with Crippen LogP contribution in [-0.4, -0.2) is 73.1 Å². The molecule has 2 N–H and O–H groups in total. The number of hydrogen-bond acceptors (Lipinski definition) is 5. The van der Waals surface area contributed by atoms with Crippen molar-refractivity contribution in [2.24, 2.45) is 5.92 Å². The molecule has 3 aromatic rings. The lowest BCUT2D eigenvalue weighted by molar-refractivity contribution is -0.125. The molecule has 1 atom stereocenters. The Labute approximate surface area is 202 Å². The van der Waals surface area contributed by atoms with E-state index in [1.165, 1.54) is 11.3 Å². The smallest absolute Gasteiger partial charge is 0.224 e. The Morgan fingerprint density at radius 3 is 2.71 bits per heavy atom. The Bertz CT molecular complexity index is 1090. The number of carbonyl (C=O) groups excluding carboxylic acids is 1. The van der Waals surface area contributed by atoms with Crippen LogP contribution in [0.25, 0.3) is 11.0 Å². The second-order valence-electron chi connectivity index (χ2n) is 9.68. The molecule has 2 aromatic carbocycles. The number of H-pyrrole nitrogens is 1. The van der Waals surface area contributed by atoms with Crippen LogP contribution >= 0.6 is 0 Å². The van der Waals surface area contributed by atoms with Gasteiger partial charge in [-0.3, -0.25) is 9.69 Å². The fourth-order valence-electron chi connectivity index (χ4n) is 5.17. The van der Waals surface area contributed by atoms with Crippen LogP contribution in [0.5, 0.6) is 0 Å². The van der Waals surface area contributed by atoms with Gasteiger partial charge in [0.1, 0.15) is 0 Å². The topological polar surface area (TPSA) is 67.5 Å². The maximum absolute atomic E-state index is 12.9. The van der Waals surface area contributed by atoms with E-state index in [9.17, 15) is 4.79 Å². The van der Waals surface area contributed by atoms with Crippen molar-refractivity contribution in [2.45, 2.75) is 26.2 Å². The van der Waals surface area contributed by atoms with Gasteiger partial charge in [0.25, 0.3) is 0 Å². The maximum Gasteiger partial charge on any atom is 0.224 e. The van der Waals surface area contributed by atoms with Gasteiger partial charge in [0.2, 0.25) is 11.9 Å². The van der Waals surface area contributed by atoms with E-state index < -0.39 is 0 Å². The average molecular weight is 461 g/mol. The number of para-hydroxylation sites is 1. The second kappa shape index (κ2) is 10.5. The minimum absolute atomic E-state index is 0.0260. The summed E-state index contributed by atoms with van der Waals surface area (Å²) in [6, 6.07) is 16.9. The van der Waals surface area contributed by atoms with E-state index in [1.54, 1.807) is 0 Å². The van der Waals surface area contributed by atoms with Gasteiger partial charge in [-0.25, -0.2) is 4.98 Å². The zero-order chi connectivity index (χ0) is 23.3. The number of rotatable bonds is 7. The van der Waals surface area contributed by atoms with Crippen LogP contribution in [0.15, 0.2) is 48.5 Å². The molecule has 7 heteroatoms. The van der Waals surface area contributed by atoms with Crippen LogP contribution in [0, 0.1) is 12.8 Å². The highest BCUT2D eigenvalue weighted by atomic mass is 16.1. The third kappa shape index (κ3) is 5.36. The Morgan fingerprint density at radius 2 is 1.88 bits per heavy atom. The molecule has 34 heavy (non-hydrogen) atoms. The number of aromatic nitrogens is 2. The first-order valence-electron chi connectivity index (χ1n) is 12.7. The van der Waals surface area contributed by atoms with E-state index in [0.29, 0.717) is 0 Å². The maximum atomic E-state index is 12.9. The van der Waals surface area contributed by atoms with Crippen LogP contribution < -0.4 is 15.1 Å². The number of piperidine rings is 1. The Kier molecular flexibility index (Phi) is 7.00. The molecule has 2 aliphatic heterocycles. The van der Waals surface area contributed by atoms with Crippen molar-refractivity contribution in [1.82, 2.24) is 20.2 Å². The molecule has 1 amide bonds. The normalized spacial score (nSPS) is 19.5. The number of nitrogens with zero attached hydrogens (tertiary/aromatic N) is 4. The molecule has 180 valence electrons. The standard InChI is InChI=1S/C27H36N6O/c1-21-10-11-24-25(19-21)30-27(29-24)33-14-5-7-22(20-33)26(34)28-12-6-13-31-15-17-32(18-16-31)23-8-3-2-4-9-23/h2-4,8-11,19,22H,5-7,12-18,20H2,1H3,(H,28,34)(H,29,30)/t22-/m0/s1. The van der Waals surface area contributed by atoms with Crippen LogP contribution in [0.4, 0.5) is 11.6 Å². The molecular weight excluding hydrogens is 424 g/mol. The van der Waals surface area contributed by atoms with Gasteiger partial charge in [0.05, 0.1) is 17.0 Å². The summed E-state index contributed by atoms with van der Waals surface area (Å²) >= 11 is 0. The van der Waals surface area contributed by atoms with Crippen LogP contribution in [0.1, 0.15) is 24.8 Å². The summed E-state index contributed by atoms with van der Waals surface area (Å²) in [6.07, 6.45) is 2.96. The molecular formula is C27H36N6O. The summed E-state index contributed by atoms with van der Waals surface area (Å²) in [5.41, 5.74) is 4.58. The molecule has 3 heterocycles. The molecule has 7 nitrogen and oxygen atoms in total. The second-order valence-corrected chi connectivity index (χ2v) is 9.68. The molecule has 2 saturated heterocycles. The third-order valence-electron chi connectivity index (χ3n) is 7.16. The van der Waals surface area contributed by atoms with Crippen LogP contribution in [0.3, 0.4) is 0 Å². The van der Waals surface area contributed by atoms with Crippen molar-refractivity contribution < 1.29 is 4.79 Å². The number of imidazole rings is 1. The van der Waals surface area contributed by atoms with Crippen molar-refractivity contribution in [3.8, 4) is 0 Å². The summed E-state index contributed by atoms with van der Waals surface area (Å²) in [4.78, 5) is 28.2. The summed E-state index contributed by atoms with van der Waals surface area (Å²) in [7, 11) is 0. The lowest BCUT2D eigenvalue weighted by Gasteiger charge is -2.36. The van der Waals surface area contributed by atoms with E-state index in [2.05, 4.69) is 80.5 Å². The van der Waals surface area contributed by atoms with Crippen molar-refractivity contribution in [3.63, 3.8) is 0 Å². The van der Waals surface area contributed by atoms with Gasteiger partial charge in [-0.1, -0.05) is 24.3 Å². The number of amides is 1. The van der Waals surface area contributed by atoms with E-state index in [-0.39, 0.29) is 11.8 Å². The first kappa shape index (κ1) is 22.7. The molecule has 2 fully saturated rings. The molecule has 2 aliphatic rings. The molecule has 0 radical (unpaired) electrons. The first-order valence-corrected chi connectivity index (χ1v) is 12.7. The quantitative estimate of drug-likeness (QED) is 0.529. The predicted octanol–water partition coefficient (Wildman–Crippen LogP) is 3.42. The summed E-state index contributed by atoms with van der Waals surface area (Å²) < 4.78 is 0. The average Bonchev–Trinajstić information content (AvgIpc) is 3.31. The van der Waals surface area contributed by atoms with Gasteiger partial charge < -0.3 is 20.1 Å². The van der Waals surface area contributed by atoms with Crippen molar-refractivity contribution >= 4 is 28.6 Å². The zero-order valence-corrected chi connectivity index (χ0v) is 20.2. The largest absolute Gasteiger partial charge is 0.369 e. The lowest BCUT2D eigenvalue weighted by atomic mass is 9.97. The highest BCUT2D eigenvalue weighted by Gasteiger charge is 2.27. The monoisotopic (exact) mass is 460 g/mol. The fraction of sp³-hybridized carbons (Fsp3) is 0.481. The number of piperazine rings is 1. The fourth-order valence-corrected chi connectivity index (χ4v) is 5.17. The number of aromatic amines is 1. The minimum atomic E-state index is 0.0260. The lowest BCUT2D eigenvalue weighted by Crippen LogP contribution is -2.47. The number of aryl methyl sites for hydroxylation is 1. The van der Waals surface area contributed by atoms with Gasteiger partial charge in [0, 0.05) is 51.5 Å². The molecule has 0 unspecified atom stereocenters. The summed E-state index contributed by atoms with van der Waals surface area (Å²) in [5.74, 6) is 1.09. The van der Waals surface area contributed by atoms with Gasteiger partial charge in [-0.15, -0.1) is 0 Å². The molecule has 0 bridgehead atoms. The van der Waals surface area contributed by atoms with Crippen molar-refractivity contribution in [3.05, 3.63) is 54.1 Å². The van der Waals surface area contributed by atoms with Crippen LogP contribution in [-0.2, 0) is 4.79 Å². The number of nitrogens with one attached hydrogen (secondary N) is 2. The number of fused-ring (bicyclic) bond motifs is 1. The van der Waals surface area contributed by atoms with E-state index in [4.69, 9.17) is 4.98 Å². The van der Waals surface area contributed by atoms with E-state index in [0.717, 1.165) is 88.6 Å². The van der Waals surface area contributed by atoms with Gasteiger partial charge in [-0.05, 0) is 62.6 Å². The Hall–Kier alpha value is -3.06. The first-order chi connectivity index (χ1) is 16.7. The number of hydrogen-bond donors (Lipinski definition) is 2. The Balaban J connectivity index is 1.04. The van der Waals surface area contributed by atoms with Crippen molar-refractivity contribution in [1.29, 1.82) is 0 Å². The van der Waals surface area contributed by atoms with Gasteiger partial charge in [-0.2, -0.15) is 0 Å². The van der Waals surface area contributed by atoms with Gasteiger partial charge in [0.15, 0.2) is 0 Å². The highest BCUT2D eigenvalue weighted by molar-refractivity contribution is 5.80. The summed E-state index contributed by atoms with van der Waals surface area (Å²) in [6.45, 7) is 9.84. The zero-order valence-electron chi connectivity index (χ0n) is 20.2. The predicted molar refractivity (Wildman–Crippen MR) is 138 cm³/mol. The van der Waals surface area contributed by atoms with Gasteiger partial charge >= 0.3 is 0 Å².